The molecule has 0 aliphatic carbocycles. The molecule has 1 atom stereocenters. The Morgan fingerprint density at radius 2 is 2.15 bits per heavy atom. The lowest BCUT2D eigenvalue weighted by molar-refractivity contribution is 0.200. The molecule has 2 aromatic rings. The number of amides is 2. The number of carbonyl (C=O) groups is 1. The second-order valence-electron chi connectivity index (χ2n) is 4.78. The Kier molecular flexibility index (Phi) is 3.78. The van der Waals surface area contributed by atoms with Crippen LogP contribution in [0.25, 0.3) is 0 Å². The minimum Gasteiger partial charge on any atom is -0.467 e. The first-order valence-corrected chi connectivity index (χ1v) is 7.40. The molecule has 1 aliphatic rings. The van der Waals surface area contributed by atoms with Crippen molar-refractivity contribution in [3.8, 4) is 0 Å². The zero-order valence-corrected chi connectivity index (χ0v) is 12.5. The van der Waals surface area contributed by atoms with Gasteiger partial charge < -0.3 is 14.6 Å². The van der Waals surface area contributed by atoms with Gasteiger partial charge in [-0.1, -0.05) is 12.1 Å². The lowest BCUT2D eigenvalue weighted by atomic mass is 10.2. The van der Waals surface area contributed by atoms with Crippen LogP contribution in [-0.4, -0.2) is 17.5 Å². The summed E-state index contributed by atoms with van der Waals surface area (Å²) in [6, 6.07) is 11.3. The van der Waals surface area contributed by atoms with Crippen molar-refractivity contribution in [1.82, 2.24) is 4.90 Å². The van der Waals surface area contributed by atoms with E-state index in [1.165, 1.54) is 0 Å². The molecule has 5 heteroatoms. The lowest BCUT2D eigenvalue weighted by Crippen LogP contribution is -2.34. The molecule has 1 aromatic carbocycles. The Labute approximate surface area is 125 Å². The third-order valence-corrected chi connectivity index (χ3v) is 4.19. The van der Waals surface area contributed by atoms with E-state index in [2.05, 4.69) is 21.2 Å². The topological polar surface area (TPSA) is 45.5 Å². The van der Waals surface area contributed by atoms with E-state index in [0.717, 1.165) is 35.3 Å². The number of nitrogens with one attached hydrogen (secondary N) is 1. The van der Waals surface area contributed by atoms with E-state index in [1.807, 2.05) is 41.3 Å². The van der Waals surface area contributed by atoms with Gasteiger partial charge >= 0.3 is 6.03 Å². The maximum Gasteiger partial charge on any atom is 0.322 e. The highest BCUT2D eigenvalue weighted by Gasteiger charge is 2.31. The summed E-state index contributed by atoms with van der Waals surface area (Å²) >= 11 is 3.44. The largest absolute Gasteiger partial charge is 0.467 e. The minimum absolute atomic E-state index is 0.0347. The van der Waals surface area contributed by atoms with Crippen LogP contribution in [0, 0.1) is 0 Å². The summed E-state index contributed by atoms with van der Waals surface area (Å²) in [5.74, 6) is 0.852. The standard InChI is InChI=1S/C15H15BrN2O2/c16-11-5-1-2-6-12(11)17-15(19)18-9-3-7-13(18)14-8-4-10-20-14/h1-2,4-6,8,10,13H,3,7,9H2,(H,17,19)/t13-/m0/s1. The van der Waals surface area contributed by atoms with Crippen LogP contribution >= 0.6 is 15.9 Å². The van der Waals surface area contributed by atoms with Gasteiger partial charge in [-0.2, -0.15) is 0 Å². The number of anilines is 1. The molecule has 1 aromatic heterocycles. The van der Waals surface area contributed by atoms with Crippen molar-refractivity contribution in [3.63, 3.8) is 0 Å². The molecule has 0 radical (unpaired) electrons. The maximum atomic E-state index is 12.4. The van der Waals surface area contributed by atoms with Crippen LogP contribution in [0.4, 0.5) is 10.5 Å². The number of hydrogen-bond donors (Lipinski definition) is 1. The molecule has 1 saturated heterocycles. The van der Waals surface area contributed by atoms with E-state index in [1.54, 1.807) is 6.26 Å². The summed E-state index contributed by atoms with van der Waals surface area (Å²) in [6.07, 6.45) is 3.59. The molecule has 0 spiro atoms. The zero-order valence-electron chi connectivity index (χ0n) is 10.9. The molecule has 0 unspecified atom stereocenters. The number of hydrogen-bond acceptors (Lipinski definition) is 2. The Hall–Kier alpha value is -1.75. The van der Waals surface area contributed by atoms with E-state index in [9.17, 15) is 4.79 Å². The lowest BCUT2D eigenvalue weighted by Gasteiger charge is -2.23. The molecule has 2 amide bonds. The highest BCUT2D eigenvalue weighted by molar-refractivity contribution is 9.10. The Morgan fingerprint density at radius 3 is 2.90 bits per heavy atom. The smallest absolute Gasteiger partial charge is 0.322 e. The number of likely N-dealkylation sites (tertiary alicyclic amines) is 1. The molecule has 0 bridgehead atoms. The van der Waals surface area contributed by atoms with Crippen molar-refractivity contribution in [2.45, 2.75) is 18.9 Å². The molecule has 4 nitrogen and oxygen atoms in total. The van der Waals surface area contributed by atoms with Gasteiger partial charge in [-0.15, -0.1) is 0 Å². The van der Waals surface area contributed by atoms with E-state index in [4.69, 9.17) is 4.42 Å². The van der Waals surface area contributed by atoms with Gasteiger partial charge in [0.15, 0.2) is 0 Å². The molecule has 0 saturated carbocycles. The first-order valence-electron chi connectivity index (χ1n) is 6.61. The molecule has 1 fully saturated rings. The third kappa shape index (κ3) is 2.58. The van der Waals surface area contributed by atoms with Crippen LogP contribution in [-0.2, 0) is 0 Å². The van der Waals surface area contributed by atoms with Gasteiger partial charge in [0.25, 0.3) is 0 Å². The number of urea groups is 1. The number of rotatable bonds is 2. The van der Waals surface area contributed by atoms with Crippen molar-refractivity contribution in [3.05, 3.63) is 52.9 Å². The fourth-order valence-corrected chi connectivity index (χ4v) is 2.92. The predicted octanol–water partition coefficient (Wildman–Crippen LogP) is 4.41. The van der Waals surface area contributed by atoms with Crippen LogP contribution < -0.4 is 5.32 Å². The monoisotopic (exact) mass is 334 g/mol. The molecule has 104 valence electrons. The summed E-state index contributed by atoms with van der Waals surface area (Å²) in [5.41, 5.74) is 0.780. The third-order valence-electron chi connectivity index (χ3n) is 3.50. The normalized spacial score (nSPS) is 18.2. The number of furan rings is 1. The molecule has 20 heavy (non-hydrogen) atoms. The van der Waals surface area contributed by atoms with E-state index in [-0.39, 0.29) is 12.1 Å². The summed E-state index contributed by atoms with van der Waals surface area (Å²) in [5, 5.41) is 2.94. The number of halogens is 1. The van der Waals surface area contributed by atoms with Gasteiger partial charge in [0, 0.05) is 11.0 Å². The second-order valence-corrected chi connectivity index (χ2v) is 5.63. The van der Waals surface area contributed by atoms with Crippen LogP contribution in [0.1, 0.15) is 24.6 Å². The first kappa shape index (κ1) is 13.2. The molecule has 1 aliphatic heterocycles. The molecule has 3 rings (SSSR count). The van der Waals surface area contributed by atoms with Crippen LogP contribution in [0.3, 0.4) is 0 Å². The highest BCUT2D eigenvalue weighted by Crippen LogP contribution is 2.33. The van der Waals surface area contributed by atoms with Gasteiger partial charge in [0.2, 0.25) is 0 Å². The van der Waals surface area contributed by atoms with Gasteiger partial charge in [0.1, 0.15) is 5.76 Å². The van der Waals surface area contributed by atoms with Crippen molar-refractivity contribution in [2.75, 3.05) is 11.9 Å². The minimum atomic E-state index is -0.0872. The van der Waals surface area contributed by atoms with Crippen molar-refractivity contribution >= 4 is 27.6 Å². The van der Waals surface area contributed by atoms with Gasteiger partial charge in [-0.25, -0.2) is 4.79 Å². The van der Waals surface area contributed by atoms with E-state index < -0.39 is 0 Å². The van der Waals surface area contributed by atoms with Crippen LogP contribution in [0.2, 0.25) is 0 Å². The van der Waals surface area contributed by atoms with Gasteiger partial charge in [0.05, 0.1) is 18.0 Å². The molecular formula is C15H15BrN2O2. The van der Waals surface area contributed by atoms with E-state index >= 15 is 0 Å². The van der Waals surface area contributed by atoms with Crippen molar-refractivity contribution < 1.29 is 9.21 Å². The Bertz CT molecular complexity index is 598. The summed E-state index contributed by atoms with van der Waals surface area (Å²) in [7, 11) is 0. The highest BCUT2D eigenvalue weighted by atomic mass is 79.9. The number of nitrogens with zero attached hydrogens (tertiary/aromatic N) is 1. The number of benzene rings is 1. The second kappa shape index (κ2) is 5.71. The predicted molar refractivity (Wildman–Crippen MR) is 80.5 cm³/mol. The summed E-state index contributed by atoms with van der Waals surface area (Å²) in [4.78, 5) is 14.3. The maximum absolute atomic E-state index is 12.4. The number of para-hydroxylation sites is 1. The summed E-state index contributed by atoms with van der Waals surface area (Å²) < 4.78 is 6.32. The van der Waals surface area contributed by atoms with Crippen LogP contribution in [0.5, 0.6) is 0 Å². The molecular weight excluding hydrogens is 320 g/mol. The average molecular weight is 335 g/mol. The number of carbonyl (C=O) groups excluding carboxylic acids is 1. The first-order chi connectivity index (χ1) is 9.75. The Balaban J connectivity index is 1.75. The summed E-state index contributed by atoms with van der Waals surface area (Å²) in [6.45, 7) is 0.752. The van der Waals surface area contributed by atoms with Crippen molar-refractivity contribution in [2.24, 2.45) is 0 Å². The molecule has 2 heterocycles. The SMILES string of the molecule is O=C(Nc1ccccc1Br)N1CCC[C@H]1c1ccco1. The fourth-order valence-electron chi connectivity index (χ4n) is 2.54. The average Bonchev–Trinajstić information content (AvgIpc) is 3.11. The fraction of sp³-hybridized carbons (Fsp3) is 0.267. The Morgan fingerprint density at radius 1 is 1.30 bits per heavy atom. The van der Waals surface area contributed by atoms with Crippen LogP contribution in [0.15, 0.2) is 51.6 Å². The zero-order chi connectivity index (χ0) is 13.9. The van der Waals surface area contributed by atoms with E-state index in [0.29, 0.717) is 0 Å². The quantitative estimate of drug-likeness (QED) is 0.883. The molecule has 1 N–H and O–H groups in total. The van der Waals surface area contributed by atoms with Gasteiger partial charge in [-0.05, 0) is 53.0 Å². The van der Waals surface area contributed by atoms with Gasteiger partial charge in [-0.3, -0.25) is 0 Å². The van der Waals surface area contributed by atoms with Crippen molar-refractivity contribution in [1.29, 1.82) is 0 Å².